The van der Waals surface area contributed by atoms with Gasteiger partial charge in [0.15, 0.2) is 0 Å². The van der Waals surface area contributed by atoms with Crippen molar-refractivity contribution < 1.29 is 34.5 Å². The number of thioether (sulfide) groups is 1. The van der Waals surface area contributed by atoms with Gasteiger partial charge in [-0.05, 0) is 61.9 Å². The lowest BCUT2D eigenvalue weighted by molar-refractivity contribution is -0.142. The minimum atomic E-state index is -1.25. The number of aliphatic carboxylic acids is 1. The number of aliphatic hydroxyl groups is 1. The van der Waals surface area contributed by atoms with Gasteiger partial charge in [-0.15, -0.1) is 0 Å². The fourth-order valence-corrected chi connectivity index (χ4v) is 3.71. The molecule has 0 aliphatic rings. The highest BCUT2D eigenvalue weighted by Crippen LogP contribution is 2.12. The van der Waals surface area contributed by atoms with Crippen LogP contribution >= 0.6 is 11.8 Å². The Morgan fingerprint density at radius 3 is 2.06 bits per heavy atom. The molecule has 0 aliphatic carbocycles. The highest BCUT2D eigenvalue weighted by Gasteiger charge is 2.30. The van der Waals surface area contributed by atoms with E-state index in [1.807, 2.05) is 6.26 Å². The number of carboxylic acid groups (broad SMARTS) is 1. The molecule has 10 N–H and O–H groups in total. The predicted octanol–water partition coefficient (Wildman–Crippen LogP) is -1.32. The number of unbranched alkanes of at least 4 members (excludes halogenated alkanes) is 1. The van der Waals surface area contributed by atoms with Crippen LogP contribution in [0.5, 0.6) is 5.75 Å². The smallest absolute Gasteiger partial charge is 0.326 e. The summed E-state index contributed by atoms with van der Waals surface area (Å²) in [7, 11) is 0. The topological polar surface area (TPSA) is 217 Å². The van der Waals surface area contributed by atoms with E-state index >= 15 is 0 Å². The van der Waals surface area contributed by atoms with Crippen LogP contribution in [0.4, 0.5) is 0 Å². The number of nitrogens with one attached hydrogen (secondary N) is 3. The van der Waals surface area contributed by atoms with Gasteiger partial charge in [0.05, 0.1) is 6.61 Å². The standard InChI is InChI=1S/C23H37N5O7S/c1-36-11-9-17(21(32)27-18(23(34)35)4-2-3-10-24)26-22(33)19(28-20(31)16(25)13-29)12-14-5-7-15(30)8-6-14/h5-8,16-19,29-30H,2-4,9-13,24-25H2,1H3,(H,26,33)(H,27,32)(H,28,31)(H,34,35). The largest absolute Gasteiger partial charge is 0.508 e. The van der Waals surface area contributed by atoms with Crippen LogP contribution in [0.2, 0.25) is 0 Å². The molecule has 1 aromatic rings. The van der Waals surface area contributed by atoms with E-state index in [9.17, 15) is 34.5 Å². The predicted molar refractivity (Wildman–Crippen MR) is 136 cm³/mol. The zero-order valence-electron chi connectivity index (χ0n) is 20.3. The first-order valence-electron chi connectivity index (χ1n) is 11.6. The Morgan fingerprint density at radius 1 is 0.917 bits per heavy atom. The van der Waals surface area contributed by atoms with Crippen LogP contribution in [0.1, 0.15) is 31.2 Å². The Balaban J connectivity index is 3.04. The number of hydrogen-bond acceptors (Lipinski definition) is 9. The average Bonchev–Trinajstić information content (AvgIpc) is 2.85. The number of benzene rings is 1. The number of phenolic OH excluding ortho intramolecular Hbond substituents is 1. The normalized spacial score (nSPS) is 14.2. The second-order valence-electron chi connectivity index (χ2n) is 8.25. The molecule has 0 fully saturated rings. The maximum absolute atomic E-state index is 13.2. The summed E-state index contributed by atoms with van der Waals surface area (Å²) in [5.74, 6) is -2.75. The highest BCUT2D eigenvalue weighted by atomic mass is 32.2. The minimum Gasteiger partial charge on any atom is -0.508 e. The molecule has 1 aromatic carbocycles. The summed E-state index contributed by atoms with van der Waals surface area (Å²) in [5.41, 5.74) is 11.6. The molecule has 3 amide bonds. The van der Waals surface area contributed by atoms with E-state index in [4.69, 9.17) is 11.5 Å². The Bertz CT molecular complexity index is 856. The molecule has 0 radical (unpaired) electrons. The van der Waals surface area contributed by atoms with E-state index < -0.39 is 54.5 Å². The van der Waals surface area contributed by atoms with Crippen molar-refractivity contribution >= 4 is 35.5 Å². The van der Waals surface area contributed by atoms with Crippen LogP contribution in [0.3, 0.4) is 0 Å². The van der Waals surface area contributed by atoms with Gasteiger partial charge in [0.1, 0.15) is 29.9 Å². The quantitative estimate of drug-likeness (QED) is 0.112. The lowest BCUT2D eigenvalue weighted by Crippen LogP contribution is -2.58. The molecular formula is C23H37N5O7S. The number of carbonyl (C=O) groups excluding carboxylic acids is 3. The number of carboxylic acids is 1. The maximum atomic E-state index is 13.2. The monoisotopic (exact) mass is 527 g/mol. The molecule has 0 aromatic heterocycles. The molecule has 0 saturated heterocycles. The summed E-state index contributed by atoms with van der Waals surface area (Å²) >= 11 is 1.45. The van der Waals surface area contributed by atoms with Gasteiger partial charge in [-0.3, -0.25) is 14.4 Å². The van der Waals surface area contributed by atoms with Gasteiger partial charge in [-0.25, -0.2) is 4.79 Å². The van der Waals surface area contributed by atoms with Gasteiger partial charge in [-0.2, -0.15) is 11.8 Å². The summed E-state index contributed by atoms with van der Waals surface area (Å²) in [6, 6.07) is 1.42. The van der Waals surface area contributed by atoms with Gasteiger partial charge in [0.2, 0.25) is 17.7 Å². The van der Waals surface area contributed by atoms with Crippen molar-refractivity contribution in [1.82, 2.24) is 16.0 Å². The molecule has 1 rings (SSSR count). The summed E-state index contributed by atoms with van der Waals surface area (Å²) in [6.07, 6.45) is 3.39. The second-order valence-corrected chi connectivity index (χ2v) is 9.23. The second kappa shape index (κ2) is 16.7. The Labute approximate surface area is 214 Å². The van der Waals surface area contributed by atoms with E-state index in [1.54, 1.807) is 12.1 Å². The fraction of sp³-hybridized carbons (Fsp3) is 0.565. The first-order chi connectivity index (χ1) is 17.1. The molecule has 4 atom stereocenters. The number of nitrogens with two attached hydrogens (primary N) is 2. The number of aliphatic hydroxyl groups excluding tert-OH is 1. The summed E-state index contributed by atoms with van der Waals surface area (Å²) in [5, 5.41) is 35.7. The lowest BCUT2D eigenvalue weighted by atomic mass is 10.0. The van der Waals surface area contributed by atoms with Gasteiger partial charge in [-0.1, -0.05) is 12.1 Å². The molecule has 13 heteroatoms. The minimum absolute atomic E-state index is 0.0176. The number of hydrogen-bond donors (Lipinski definition) is 8. The number of aromatic hydroxyl groups is 1. The molecule has 0 bridgehead atoms. The Hall–Kier alpha value is -2.87. The van der Waals surface area contributed by atoms with Gasteiger partial charge >= 0.3 is 5.97 Å². The van der Waals surface area contributed by atoms with Crippen molar-refractivity contribution in [2.24, 2.45) is 11.5 Å². The highest BCUT2D eigenvalue weighted by molar-refractivity contribution is 7.98. The summed E-state index contributed by atoms with van der Waals surface area (Å²) in [6.45, 7) is -0.223. The molecule has 36 heavy (non-hydrogen) atoms. The van der Waals surface area contributed by atoms with Crippen molar-refractivity contribution in [3.63, 3.8) is 0 Å². The van der Waals surface area contributed by atoms with Crippen molar-refractivity contribution in [2.75, 3.05) is 25.2 Å². The zero-order valence-corrected chi connectivity index (χ0v) is 21.1. The molecular weight excluding hydrogens is 490 g/mol. The van der Waals surface area contributed by atoms with Crippen LogP contribution in [-0.4, -0.2) is 88.3 Å². The van der Waals surface area contributed by atoms with Gasteiger partial charge in [0, 0.05) is 6.42 Å². The average molecular weight is 528 g/mol. The number of amides is 3. The maximum Gasteiger partial charge on any atom is 0.326 e. The molecule has 12 nitrogen and oxygen atoms in total. The SMILES string of the molecule is CSCCC(NC(=O)C(Cc1ccc(O)cc1)NC(=O)C(N)CO)C(=O)NC(CCCCN)C(=O)O. The van der Waals surface area contributed by atoms with E-state index in [1.165, 1.54) is 23.9 Å². The third-order valence-electron chi connectivity index (χ3n) is 5.35. The number of carbonyl (C=O) groups is 4. The molecule has 0 heterocycles. The van der Waals surface area contributed by atoms with Crippen molar-refractivity contribution in [2.45, 2.75) is 56.3 Å². The first-order valence-corrected chi connectivity index (χ1v) is 13.0. The van der Waals surface area contributed by atoms with Crippen molar-refractivity contribution in [1.29, 1.82) is 0 Å². The number of phenols is 1. The lowest BCUT2D eigenvalue weighted by Gasteiger charge is -2.25. The van der Waals surface area contributed by atoms with Crippen LogP contribution in [0.15, 0.2) is 24.3 Å². The van der Waals surface area contributed by atoms with Crippen molar-refractivity contribution in [3.05, 3.63) is 29.8 Å². The molecule has 4 unspecified atom stereocenters. The first kappa shape index (κ1) is 31.2. The summed E-state index contributed by atoms with van der Waals surface area (Å²) in [4.78, 5) is 50.0. The van der Waals surface area contributed by atoms with E-state index in [0.717, 1.165) is 0 Å². The summed E-state index contributed by atoms with van der Waals surface area (Å²) < 4.78 is 0. The third-order valence-corrected chi connectivity index (χ3v) is 5.99. The molecule has 0 aliphatic heterocycles. The van der Waals surface area contributed by atoms with Crippen LogP contribution < -0.4 is 27.4 Å². The fourth-order valence-electron chi connectivity index (χ4n) is 3.24. The molecule has 0 saturated carbocycles. The van der Waals surface area contributed by atoms with Gasteiger partial charge in [0.25, 0.3) is 0 Å². The van der Waals surface area contributed by atoms with Crippen LogP contribution in [0.25, 0.3) is 0 Å². The van der Waals surface area contributed by atoms with Crippen molar-refractivity contribution in [3.8, 4) is 5.75 Å². The third kappa shape index (κ3) is 11.2. The zero-order chi connectivity index (χ0) is 27.1. The van der Waals surface area contributed by atoms with Gasteiger partial charge < -0.3 is 42.7 Å². The molecule has 202 valence electrons. The Morgan fingerprint density at radius 2 is 1.50 bits per heavy atom. The van der Waals surface area contributed by atoms with Crippen LogP contribution in [0, 0.1) is 0 Å². The molecule has 0 spiro atoms. The Kier molecular flexibility index (Phi) is 14.5. The van der Waals surface area contributed by atoms with E-state index in [0.29, 0.717) is 30.7 Å². The number of rotatable bonds is 17. The van der Waals surface area contributed by atoms with Crippen LogP contribution in [-0.2, 0) is 25.6 Å². The van der Waals surface area contributed by atoms with E-state index in [2.05, 4.69) is 16.0 Å². The van der Waals surface area contributed by atoms with E-state index in [-0.39, 0.29) is 25.0 Å².